The fourth-order valence-electron chi connectivity index (χ4n) is 2.18. The third kappa shape index (κ3) is 3.20. The van der Waals surface area contributed by atoms with Crippen molar-refractivity contribution in [1.82, 2.24) is 0 Å². The van der Waals surface area contributed by atoms with Crippen molar-refractivity contribution in [2.24, 2.45) is 0 Å². The van der Waals surface area contributed by atoms with Gasteiger partial charge >= 0.3 is 5.97 Å². The number of halogens is 1. The largest absolute Gasteiger partial charge is 0.479 e. The average Bonchev–Trinajstić information content (AvgIpc) is 2.47. The molecule has 0 heterocycles. The Hall–Kier alpha value is -2.40. The fourth-order valence-corrected chi connectivity index (χ4v) is 2.18. The Morgan fingerprint density at radius 1 is 1.24 bits per heavy atom. The minimum absolute atomic E-state index is 0.0944. The van der Waals surface area contributed by atoms with Crippen molar-refractivity contribution in [3.8, 4) is 0 Å². The maximum absolute atomic E-state index is 13.3. The second-order valence-electron chi connectivity index (χ2n) is 4.64. The van der Waals surface area contributed by atoms with Gasteiger partial charge in [-0.2, -0.15) is 0 Å². The van der Waals surface area contributed by atoms with E-state index in [9.17, 15) is 14.3 Å². The lowest BCUT2D eigenvalue weighted by Crippen LogP contribution is -2.47. The van der Waals surface area contributed by atoms with Gasteiger partial charge < -0.3 is 15.2 Å². The van der Waals surface area contributed by atoms with Crippen molar-refractivity contribution in [1.29, 1.82) is 0 Å². The van der Waals surface area contributed by atoms with Gasteiger partial charge in [0.2, 0.25) is 0 Å². The van der Waals surface area contributed by atoms with E-state index in [2.05, 4.69) is 5.32 Å². The lowest BCUT2D eigenvalue weighted by atomic mass is 9.90. The average molecular weight is 289 g/mol. The third-order valence-corrected chi connectivity index (χ3v) is 3.17. The maximum atomic E-state index is 13.3. The molecule has 21 heavy (non-hydrogen) atoms. The van der Waals surface area contributed by atoms with Gasteiger partial charge in [0.25, 0.3) is 0 Å². The third-order valence-electron chi connectivity index (χ3n) is 3.17. The van der Waals surface area contributed by atoms with Gasteiger partial charge in [-0.15, -0.1) is 0 Å². The van der Waals surface area contributed by atoms with E-state index >= 15 is 0 Å². The van der Waals surface area contributed by atoms with Crippen LogP contribution in [0.4, 0.5) is 10.1 Å². The van der Waals surface area contributed by atoms with Crippen LogP contribution in [-0.4, -0.2) is 24.8 Å². The maximum Gasteiger partial charge on any atom is 0.336 e. The van der Waals surface area contributed by atoms with Crippen LogP contribution in [0.2, 0.25) is 0 Å². The van der Waals surface area contributed by atoms with Gasteiger partial charge in [0, 0.05) is 12.8 Å². The van der Waals surface area contributed by atoms with Gasteiger partial charge in [-0.25, -0.2) is 9.18 Å². The van der Waals surface area contributed by atoms with Gasteiger partial charge in [0.05, 0.1) is 6.61 Å². The summed E-state index contributed by atoms with van der Waals surface area (Å²) in [5.74, 6) is -1.54. The second-order valence-corrected chi connectivity index (χ2v) is 4.64. The highest BCUT2D eigenvalue weighted by Gasteiger charge is 2.40. The molecule has 2 N–H and O–H groups in total. The van der Waals surface area contributed by atoms with Crippen molar-refractivity contribution < 1.29 is 19.0 Å². The molecule has 2 rings (SSSR count). The molecule has 0 aliphatic rings. The highest BCUT2D eigenvalue weighted by Crippen LogP contribution is 2.28. The molecule has 4 nitrogen and oxygen atoms in total. The van der Waals surface area contributed by atoms with E-state index < -0.39 is 17.3 Å². The molecule has 0 saturated heterocycles. The Balaban J connectivity index is 2.47. The molecule has 0 radical (unpaired) electrons. The summed E-state index contributed by atoms with van der Waals surface area (Å²) in [6.07, 6.45) is 0. The molecule has 0 aliphatic heterocycles. The van der Waals surface area contributed by atoms with E-state index in [1.165, 1.54) is 25.3 Å². The number of carboxylic acid groups (broad SMARTS) is 1. The molecule has 2 aromatic rings. The lowest BCUT2D eigenvalue weighted by molar-refractivity contribution is -0.144. The summed E-state index contributed by atoms with van der Waals surface area (Å²) in [6.45, 7) is -0.0944. The molecule has 0 aromatic heterocycles. The van der Waals surface area contributed by atoms with Crippen LogP contribution in [0.3, 0.4) is 0 Å². The Kier molecular flexibility index (Phi) is 4.55. The molecule has 0 aliphatic carbocycles. The number of anilines is 1. The van der Waals surface area contributed by atoms with Crippen LogP contribution in [0.25, 0.3) is 0 Å². The SMILES string of the molecule is COCC(Nc1cccc(F)c1)(C(=O)O)c1ccccc1. The number of hydrogen-bond donors (Lipinski definition) is 2. The van der Waals surface area contributed by atoms with E-state index in [-0.39, 0.29) is 6.61 Å². The smallest absolute Gasteiger partial charge is 0.336 e. The van der Waals surface area contributed by atoms with Crippen LogP contribution in [0.1, 0.15) is 5.56 Å². The Labute approximate surface area is 122 Å². The molecular formula is C16H16FNO3. The first-order valence-corrected chi connectivity index (χ1v) is 6.40. The number of aliphatic carboxylic acids is 1. The molecule has 110 valence electrons. The topological polar surface area (TPSA) is 58.6 Å². The van der Waals surface area contributed by atoms with Gasteiger partial charge in [0.1, 0.15) is 5.82 Å². The van der Waals surface area contributed by atoms with E-state index in [1.54, 1.807) is 36.4 Å². The summed E-state index contributed by atoms with van der Waals surface area (Å²) in [7, 11) is 1.42. The molecule has 0 fully saturated rings. The van der Waals surface area contributed by atoms with E-state index in [0.29, 0.717) is 11.3 Å². The first-order chi connectivity index (χ1) is 10.1. The number of carbonyl (C=O) groups is 1. The predicted octanol–water partition coefficient (Wildman–Crippen LogP) is 2.86. The van der Waals surface area contributed by atoms with Crippen LogP contribution in [0.5, 0.6) is 0 Å². The summed E-state index contributed by atoms with van der Waals surface area (Å²) in [6, 6.07) is 14.3. The highest BCUT2D eigenvalue weighted by atomic mass is 19.1. The number of methoxy groups -OCH3 is 1. The van der Waals surface area contributed by atoms with E-state index in [1.807, 2.05) is 0 Å². The normalized spacial score (nSPS) is 13.4. The summed E-state index contributed by atoms with van der Waals surface area (Å²) in [5.41, 5.74) is -0.578. The molecule has 1 atom stereocenters. The molecule has 1 unspecified atom stereocenters. The molecule has 5 heteroatoms. The number of benzene rings is 2. The first-order valence-electron chi connectivity index (χ1n) is 6.40. The van der Waals surface area contributed by atoms with Crippen LogP contribution in [0, 0.1) is 5.82 Å². The lowest BCUT2D eigenvalue weighted by Gasteiger charge is -2.31. The van der Waals surface area contributed by atoms with Crippen molar-refractivity contribution in [2.75, 3.05) is 19.0 Å². The first kappa shape index (κ1) is 15.0. The molecule has 0 spiro atoms. The zero-order valence-corrected chi connectivity index (χ0v) is 11.5. The Bertz CT molecular complexity index is 618. The highest BCUT2D eigenvalue weighted by molar-refractivity contribution is 5.85. The molecular weight excluding hydrogens is 273 g/mol. The Morgan fingerprint density at radius 2 is 1.95 bits per heavy atom. The molecule has 0 saturated carbocycles. The summed E-state index contributed by atoms with van der Waals surface area (Å²) >= 11 is 0. The number of rotatable bonds is 6. The fraction of sp³-hybridized carbons (Fsp3) is 0.188. The van der Waals surface area contributed by atoms with Gasteiger partial charge in [0.15, 0.2) is 5.54 Å². The monoisotopic (exact) mass is 289 g/mol. The summed E-state index contributed by atoms with van der Waals surface area (Å²) < 4.78 is 18.4. The van der Waals surface area contributed by atoms with Crippen molar-refractivity contribution in [3.05, 3.63) is 66.0 Å². The van der Waals surface area contributed by atoms with Crippen LogP contribution in [0.15, 0.2) is 54.6 Å². The zero-order valence-electron chi connectivity index (χ0n) is 11.5. The van der Waals surface area contributed by atoms with Crippen molar-refractivity contribution in [2.45, 2.75) is 5.54 Å². The minimum atomic E-state index is -1.48. The van der Waals surface area contributed by atoms with Gasteiger partial charge in [-0.1, -0.05) is 36.4 Å². The number of ether oxygens (including phenoxy) is 1. The van der Waals surface area contributed by atoms with Crippen LogP contribution in [-0.2, 0) is 15.1 Å². The van der Waals surface area contributed by atoms with Crippen LogP contribution < -0.4 is 5.32 Å². The van der Waals surface area contributed by atoms with E-state index in [0.717, 1.165) is 0 Å². The van der Waals surface area contributed by atoms with Crippen molar-refractivity contribution >= 4 is 11.7 Å². The summed E-state index contributed by atoms with van der Waals surface area (Å²) in [5, 5.41) is 12.6. The molecule has 0 bridgehead atoms. The van der Waals surface area contributed by atoms with Gasteiger partial charge in [-0.3, -0.25) is 0 Å². The molecule has 0 amide bonds. The van der Waals surface area contributed by atoms with Crippen LogP contribution >= 0.6 is 0 Å². The second kappa shape index (κ2) is 6.37. The summed E-state index contributed by atoms with van der Waals surface area (Å²) in [4.78, 5) is 11.9. The number of hydrogen-bond acceptors (Lipinski definition) is 3. The zero-order chi connectivity index (χ0) is 15.3. The number of carboxylic acids is 1. The Morgan fingerprint density at radius 3 is 2.52 bits per heavy atom. The predicted molar refractivity (Wildman–Crippen MR) is 77.7 cm³/mol. The quantitative estimate of drug-likeness (QED) is 0.858. The molecule has 2 aromatic carbocycles. The van der Waals surface area contributed by atoms with E-state index in [4.69, 9.17) is 4.74 Å². The van der Waals surface area contributed by atoms with Crippen molar-refractivity contribution in [3.63, 3.8) is 0 Å². The standard InChI is InChI=1S/C16H16FNO3/c1-21-11-16(15(19)20,12-6-3-2-4-7-12)18-14-9-5-8-13(17)10-14/h2-10,18H,11H2,1H3,(H,19,20). The minimum Gasteiger partial charge on any atom is -0.479 e. The van der Waals surface area contributed by atoms with Gasteiger partial charge in [-0.05, 0) is 23.8 Å². The number of nitrogens with one attached hydrogen (secondary N) is 1.